The van der Waals surface area contributed by atoms with Crippen LogP contribution in [0.3, 0.4) is 0 Å². The van der Waals surface area contributed by atoms with Crippen LogP contribution in [0.2, 0.25) is 0 Å². The van der Waals surface area contributed by atoms with Crippen molar-refractivity contribution in [3.8, 4) is 0 Å². The van der Waals surface area contributed by atoms with Crippen molar-refractivity contribution >= 4 is 5.78 Å². The molecule has 9 heteroatoms. The van der Waals surface area contributed by atoms with Crippen molar-refractivity contribution in [1.29, 1.82) is 0 Å². The number of carbonyl (C=O) groups excluding carboxylic acids is 1. The maximum Gasteiger partial charge on any atom is 0.330 e. The SMILES string of the molecule is CC(=O)c1cn([C@@H]2O[C@H](CO)[C@@H](O)[C@H]2O)c(=O)[nH]c1=O. The van der Waals surface area contributed by atoms with Gasteiger partial charge >= 0.3 is 5.69 Å². The van der Waals surface area contributed by atoms with Gasteiger partial charge in [0.05, 0.1) is 12.2 Å². The van der Waals surface area contributed by atoms with Gasteiger partial charge in [0.15, 0.2) is 12.0 Å². The molecule has 0 radical (unpaired) electrons. The number of H-pyrrole nitrogens is 1. The fourth-order valence-corrected chi connectivity index (χ4v) is 2.03. The zero-order chi connectivity index (χ0) is 15.0. The summed E-state index contributed by atoms with van der Waals surface area (Å²) in [5.41, 5.74) is -2.01. The number of nitrogens with zero attached hydrogens (tertiary/aromatic N) is 1. The van der Waals surface area contributed by atoms with Gasteiger partial charge in [-0.1, -0.05) is 0 Å². The minimum Gasteiger partial charge on any atom is -0.394 e. The number of nitrogens with one attached hydrogen (secondary N) is 1. The Bertz CT molecular complexity index is 634. The van der Waals surface area contributed by atoms with E-state index in [0.717, 1.165) is 17.7 Å². The molecule has 1 fully saturated rings. The number of Topliss-reactive ketones (excluding diaryl/α,β-unsaturated/α-hetero) is 1. The van der Waals surface area contributed by atoms with Crippen LogP contribution in [0.25, 0.3) is 0 Å². The molecule has 20 heavy (non-hydrogen) atoms. The Morgan fingerprint density at radius 1 is 1.40 bits per heavy atom. The number of ether oxygens (including phenoxy) is 1. The first-order valence-corrected chi connectivity index (χ1v) is 5.85. The highest BCUT2D eigenvalue weighted by atomic mass is 16.6. The maximum absolute atomic E-state index is 11.7. The molecule has 0 aromatic carbocycles. The molecule has 1 aromatic heterocycles. The Labute approximate surface area is 112 Å². The van der Waals surface area contributed by atoms with E-state index in [9.17, 15) is 24.6 Å². The maximum atomic E-state index is 11.7. The molecule has 1 aliphatic rings. The molecule has 0 spiro atoms. The van der Waals surface area contributed by atoms with E-state index >= 15 is 0 Å². The summed E-state index contributed by atoms with van der Waals surface area (Å²) >= 11 is 0. The van der Waals surface area contributed by atoms with Gasteiger partial charge in [0, 0.05) is 6.20 Å². The number of aromatic nitrogens is 2. The predicted octanol–water partition coefficient (Wildman–Crippen LogP) is -2.65. The lowest BCUT2D eigenvalue weighted by Gasteiger charge is -2.17. The number of carbonyl (C=O) groups is 1. The number of aliphatic hydroxyl groups is 3. The van der Waals surface area contributed by atoms with E-state index in [4.69, 9.17) is 9.84 Å². The zero-order valence-electron chi connectivity index (χ0n) is 10.5. The topological polar surface area (TPSA) is 142 Å². The van der Waals surface area contributed by atoms with E-state index in [0.29, 0.717) is 0 Å². The lowest BCUT2D eigenvalue weighted by molar-refractivity contribution is -0.0550. The molecule has 1 aromatic rings. The van der Waals surface area contributed by atoms with Crippen molar-refractivity contribution in [2.24, 2.45) is 0 Å². The molecular weight excluding hydrogens is 272 g/mol. The molecule has 110 valence electrons. The Kier molecular flexibility index (Phi) is 3.86. The second-order valence-corrected chi connectivity index (χ2v) is 4.49. The van der Waals surface area contributed by atoms with Gasteiger partial charge < -0.3 is 20.1 Å². The normalized spacial score (nSPS) is 29.6. The van der Waals surface area contributed by atoms with Crippen LogP contribution in [0.4, 0.5) is 0 Å². The van der Waals surface area contributed by atoms with Gasteiger partial charge in [0.2, 0.25) is 0 Å². The molecule has 0 aliphatic carbocycles. The Morgan fingerprint density at radius 2 is 2.05 bits per heavy atom. The van der Waals surface area contributed by atoms with Crippen LogP contribution >= 0.6 is 0 Å². The third-order valence-corrected chi connectivity index (χ3v) is 3.14. The van der Waals surface area contributed by atoms with Crippen molar-refractivity contribution in [2.75, 3.05) is 6.61 Å². The molecule has 1 saturated heterocycles. The summed E-state index contributed by atoms with van der Waals surface area (Å²) in [5.74, 6) is -0.563. The van der Waals surface area contributed by atoms with E-state index in [1.807, 2.05) is 4.98 Å². The van der Waals surface area contributed by atoms with E-state index in [1.54, 1.807) is 0 Å². The van der Waals surface area contributed by atoms with E-state index in [2.05, 4.69) is 0 Å². The molecule has 2 heterocycles. The van der Waals surface area contributed by atoms with Crippen molar-refractivity contribution in [3.05, 3.63) is 32.6 Å². The predicted molar refractivity (Wildman–Crippen MR) is 64.3 cm³/mol. The number of aliphatic hydroxyl groups excluding tert-OH is 3. The molecule has 4 N–H and O–H groups in total. The number of aromatic amines is 1. The summed E-state index contributed by atoms with van der Waals surface area (Å²) in [6, 6.07) is 0. The molecule has 0 bridgehead atoms. The smallest absolute Gasteiger partial charge is 0.330 e. The monoisotopic (exact) mass is 286 g/mol. The molecule has 0 amide bonds. The van der Waals surface area contributed by atoms with Crippen molar-refractivity contribution in [1.82, 2.24) is 9.55 Å². The first kappa shape index (κ1) is 14.6. The third kappa shape index (κ3) is 2.31. The zero-order valence-corrected chi connectivity index (χ0v) is 10.5. The second-order valence-electron chi connectivity index (χ2n) is 4.49. The van der Waals surface area contributed by atoms with Crippen LogP contribution < -0.4 is 11.2 Å². The minimum atomic E-state index is -1.48. The van der Waals surface area contributed by atoms with Crippen molar-refractivity contribution in [2.45, 2.75) is 31.5 Å². The Balaban J connectivity index is 2.48. The first-order valence-electron chi connectivity index (χ1n) is 5.85. The highest BCUT2D eigenvalue weighted by molar-refractivity contribution is 5.93. The second kappa shape index (κ2) is 5.29. The van der Waals surface area contributed by atoms with Gasteiger partial charge in [-0.3, -0.25) is 19.1 Å². The van der Waals surface area contributed by atoms with Gasteiger partial charge in [-0.25, -0.2) is 4.79 Å². The fourth-order valence-electron chi connectivity index (χ4n) is 2.03. The molecule has 0 unspecified atom stereocenters. The Hall–Kier alpha value is -1.81. The average molecular weight is 286 g/mol. The summed E-state index contributed by atoms with van der Waals surface area (Å²) in [6.07, 6.45) is -4.26. The van der Waals surface area contributed by atoms with Crippen molar-refractivity contribution in [3.63, 3.8) is 0 Å². The van der Waals surface area contributed by atoms with Gasteiger partial charge in [0.25, 0.3) is 5.56 Å². The van der Waals surface area contributed by atoms with Gasteiger partial charge in [-0.15, -0.1) is 0 Å². The average Bonchev–Trinajstić information content (AvgIpc) is 2.66. The molecule has 2 rings (SSSR count). The lowest BCUT2D eigenvalue weighted by Crippen LogP contribution is -2.39. The van der Waals surface area contributed by atoms with Crippen LogP contribution in [-0.4, -0.2) is 55.6 Å². The first-order chi connectivity index (χ1) is 9.36. The molecule has 0 saturated carbocycles. The van der Waals surface area contributed by atoms with Crippen LogP contribution in [0, 0.1) is 0 Å². The highest BCUT2D eigenvalue weighted by Crippen LogP contribution is 2.27. The minimum absolute atomic E-state index is 0.276. The van der Waals surface area contributed by atoms with Crippen LogP contribution in [0.5, 0.6) is 0 Å². The number of hydrogen-bond donors (Lipinski definition) is 4. The fraction of sp³-hybridized carbons (Fsp3) is 0.545. The van der Waals surface area contributed by atoms with Crippen LogP contribution in [-0.2, 0) is 4.74 Å². The number of hydrogen-bond acceptors (Lipinski definition) is 7. The Morgan fingerprint density at radius 3 is 2.55 bits per heavy atom. The largest absolute Gasteiger partial charge is 0.394 e. The molecule has 1 aliphatic heterocycles. The number of ketones is 1. The van der Waals surface area contributed by atoms with Gasteiger partial charge in [-0.05, 0) is 6.92 Å². The summed E-state index contributed by atoms with van der Waals surface area (Å²) < 4.78 is 5.96. The van der Waals surface area contributed by atoms with Crippen LogP contribution in [0.15, 0.2) is 15.8 Å². The van der Waals surface area contributed by atoms with E-state index in [1.165, 1.54) is 0 Å². The summed E-state index contributed by atoms with van der Waals surface area (Å²) in [6.45, 7) is 0.600. The summed E-state index contributed by atoms with van der Waals surface area (Å²) in [4.78, 5) is 36.4. The standard InChI is InChI=1S/C11H14N2O7/c1-4(15)5-2-13(11(19)12-9(5)18)10-8(17)7(16)6(3-14)20-10/h2,6-8,10,14,16-17H,3H2,1H3,(H,12,18,19)/t6-,7-,8-,10-/m1/s1. The van der Waals surface area contributed by atoms with Crippen LogP contribution in [0.1, 0.15) is 23.5 Å². The highest BCUT2D eigenvalue weighted by Gasteiger charge is 2.43. The van der Waals surface area contributed by atoms with E-state index in [-0.39, 0.29) is 5.56 Å². The summed E-state index contributed by atoms with van der Waals surface area (Å²) in [5, 5.41) is 28.4. The van der Waals surface area contributed by atoms with Crippen molar-refractivity contribution < 1.29 is 24.9 Å². The molecule has 4 atom stereocenters. The number of rotatable bonds is 3. The van der Waals surface area contributed by atoms with E-state index < -0.39 is 48.2 Å². The quantitative estimate of drug-likeness (QED) is 0.444. The lowest BCUT2D eigenvalue weighted by atomic mass is 10.1. The van der Waals surface area contributed by atoms with Gasteiger partial charge in [0.1, 0.15) is 18.3 Å². The third-order valence-electron chi connectivity index (χ3n) is 3.14. The summed E-state index contributed by atoms with van der Waals surface area (Å²) in [7, 11) is 0. The molecule has 9 nitrogen and oxygen atoms in total. The van der Waals surface area contributed by atoms with Gasteiger partial charge in [-0.2, -0.15) is 0 Å². The molecular formula is C11H14N2O7.